The number of thiophene rings is 1. The Bertz CT molecular complexity index is 1560. The molecule has 1 saturated heterocycles. The Morgan fingerprint density at radius 3 is 2.55 bits per heavy atom. The Morgan fingerprint density at radius 2 is 1.89 bits per heavy atom. The third-order valence-corrected chi connectivity index (χ3v) is 10.3. The van der Waals surface area contributed by atoms with Crippen molar-refractivity contribution in [3.05, 3.63) is 41.4 Å². The Hall–Kier alpha value is -3.71. The van der Waals surface area contributed by atoms with Crippen LogP contribution in [0.15, 0.2) is 41.4 Å². The molecule has 4 heterocycles. The molecule has 11 nitrogen and oxygen atoms in total. The number of anilines is 3. The van der Waals surface area contributed by atoms with E-state index in [2.05, 4.69) is 15.6 Å². The standard InChI is InChI=1S/C25H27N5O6S2/c1-25(2,3)38(35,36)16-8-6-15(7-9-16)30-17-10-11-26-22-18(17)19(28-23(30)32)20(37-22)21(31)27-14-5-4-12-29(13-14)24(33)34/h6-11,14H,4-5,12-13H2,1-3H3,(H,27,31)(H,28,32)(H,33,34). The minimum atomic E-state index is -3.56. The van der Waals surface area contributed by atoms with Gasteiger partial charge in [-0.1, -0.05) is 0 Å². The Kier molecular flexibility index (Phi) is 6.30. The van der Waals surface area contributed by atoms with Gasteiger partial charge in [0.25, 0.3) is 5.91 Å². The number of hydrogen-bond donors (Lipinski definition) is 3. The number of sulfone groups is 1. The van der Waals surface area contributed by atoms with Crippen LogP contribution in [0.2, 0.25) is 0 Å². The number of amides is 4. The van der Waals surface area contributed by atoms with Crippen LogP contribution in [-0.4, -0.2) is 65.3 Å². The molecular formula is C25H27N5O6S2. The molecule has 3 N–H and O–H groups in total. The van der Waals surface area contributed by atoms with Gasteiger partial charge in [0.2, 0.25) is 0 Å². The molecule has 1 fully saturated rings. The van der Waals surface area contributed by atoms with E-state index in [1.165, 1.54) is 21.9 Å². The number of aromatic nitrogens is 1. The molecule has 4 amide bonds. The van der Waals surface area contributed by atoms with E-state index in [1.54, 1.807) is 45.2 Å². The number of piperidine rings is 1. The SMILES string of the molecule is CC(C)(C)S(=O)(=O)c1ccc(N2C(=O)Nc3c(C(=O)NC4CCCN(C(=O)O)C4)sc4nccc2c34)cc1. The van der Waals surface area contributed by atoms with Gasteiger partial charge in [-0.15, -0.1) is 11.3 Å². The molecule has 0 bridgehead atoms. The van der Waals surface area contributed by atoms with Crippen LogP contribution in [0.25, 0.3) is 10.2 Å². The average Bonchev–Trinajstić information content (AvgIpc) is 3.23. The predicted molar refractivity (Wildman–Crippen MR) is 144 cm³/mol. The van der Waals surface area contributed by atoms with Gasteiger partial charge in [0.1, 0.15) is 9.71 Å². The Labute approximate surface area is 223 Å². The van der Waals surface area contributed by atoms with Crippen molar-refractivity contribution in [3.63, 3.8) is 0 Å². The minimum Gasteiger partial charge on any atom is -0.465 e. The number of urea groups is 1. The van der Waals surface area contributed by atoms with Crippen molar-refractivity contribution >= 4 is 66.5 Å². The molecule has 0 saturated carbocycles. The molecule has 2 aliphatic rings. The van der Waals surface area contributed by atoms with Crippen LogP contribution < -0.4 is 15.5 Å². The summed E-state index contributed by atoms with van der Waals surface area (Å²) in [5, 5.41) is 15.6. The summed E-state index contributed by atoms with van der Waals surface area (Å²) in [7, 11) is -3.56. The lowest BCUT2D eigenvalue weighted by atomic mass is 10.1. The van der Waals surface area contributed by atoms with Gasteiger partial charge in [-0.3, -0.25) is 9.69 Å². The molecule has 0 spiro atoms. The predicted octanol–water partition coefficient (Wildman–Crippen LogP) is 4.42. The van der Waals surface area contributed by atoms with Crippen molar-refractivity contribution in [3.8, 4) is 0 Å². The van der Waals surface area contributed by atoms with Gasteiger partial charge >= 0.3 is 12.1 Å². The molecule has 5 rings (SSSR count). The molecule has 2 aromatic heterocycles. The van der Waals surface area contributed by atoms with Gasteiger partial charge in [-0.2, -0.15) is 0 Å². The van der Waals surface area contributed by atoms with Crippen LogP contribution in [0.5, 0.6) is 0 Å². The maximum absolute atomic E-state index is 13.3. The highest BCUT2D eigenvalue weighted by Crippen LogP contribution is 2.45. The van der Waals surface area contributed by atoms with E-state index in [9.17, 15) is 27.9 Å². The molecular weight excluding hydrogens is 530 g/mol. The van der Waals surface area contributed by atoms with Crippen LogP contribution in [0.3, 0.4) is 0 Å². The smallest absolute Gasteiger partial charge is 0.407 e. The van der Waals surface area contributed by atoms with E-state index in [4.69, 9.17) is 0 Å². The van der Waals surface area contributed by atoms with Gasteiger partial charge in [0.15, 0.2) is 9.84 Å². The molecule has 0 radical (unpaired) electrons. The topological polar surface area (TPSA) is 149 Å². The van der Waals surface area contributed by atoms with E-state index in [1.807, 2.05) is 0 Å². The van der Waals surface area contributed by atoms with Crippen molar-refractivity contribution < 1.29 is 27.9 Å². The molecule has 1 atom stereocenters. The molecule has 200 valence electrons. The first-order chi connectivity index (χ1) is 17.9. The van der Waals surface area contributed by atoms with E-state index in [0.29, 0.717) is 46.7 Å². The summed E-state index contributed by atoms with van der Waals surface area (Å²) in [5.41, 5.74) is 1.33. The largest absolute Gasteiger partial charge is 0.465 e. The first kappa shape index (κ1) is 25.9. The van der Waals surface area contributed by atoms with Gasteiger partial charge in [0, 0.05) is 25.3 Å². The number of benzene rings is 1. The number of carboxylic acid groups (broad SMARTS) is 1. The quantitative estimate of drug-likeness (QED) is 0.430. The third kappa shape index (κ3) is 4.35. The van der Waals surface area contributed by atoms with Crippen molar-refractivity contribution in [2.75, 3.05) is 23.3 Å². The average molecular weight is 558 g/mol. The van der Waals surface area contributed by atoms with Crippen LogP contribution >= 0.6 is 11.3 Å². The summed E-state index contributed by atoms with van der Waals surface area (Å²) in [4.78, 5) is 45.9. The van der Waals surface area contributed by atoms with Crippen LogP contribution in [0.1, 0.15) is 43.3 Å². The van der Waals surface area contributed by atoms with E-state index < -0.39 is 32.6 Å². The van der Waals surface area contributed by atoms with Gasteiger partial charge in [-0.05, 0) is 63.9 Å². The summed E-state index contributed by atoms with van der Waals surface area (Å²) in [6.07, 6.45) is 1.82. The van der Waals surface area contributed by atoms with Crippen molar-refractivity contribution in [1.29, 1.82) is 0 Å². The highest BCUT2D eigenvalue weighted by atomic mass is 32.2. The summed E-state index contributed by atoms with van der Waals surface area (Å²) in [5.74, 6) is -0.406. The van der Waals surface area contributed by atoms with Crippen LogP contribution in [0, 0.1) is 0 Å². The number of likely N-dealkylation sites (tertiary alicyclic amines) is 1. The van der Waals surface area contributed by atoms with Crippen molar-refractivity contribution in [2.24, 2.45) is 0 Å². The lowest BCUT2D eigenvalue weighted by molar-refractivity contribution is 0.0893. The molecule has 1 aromatic carbocycles. The Morgan fingerprint density at radius 1 is 1.18 bits per heavy atom. The fourth-order valence-electron chi connectivity index (χ4n) is 4.65. The second-order valence-corrected chi connectivity index (χ2v) is 13.9. The zero-order valence-electron chi connectivity index (χ0n) is 21.0. The number of carbonyl (C=O) groups is 3. The lowest BCUT2D eigenvalue weighted by Gasteiger charge is -2.31. The van der Waals surface area contributed by atoms with E-state index in [-0.39, 0.29) is 22.4 Å². The number of hydrogen-bond acceptors (Lipinski definition) is 7. The van der Waals surface area contributed by atoms with Crippen molar-refractivity contribution in [2.45, 2.75) is 49.3 Å². The first-order valence-corrected chi connectivity index (χ1v) is 14.3. The van der Waals surface area contributed by atoms with E-state index in [0.717, 1.165) is 11.3 Å². The number of nitrogens with one attached hydrogen (secondary N) is 2. The fraction of sp³-hybridized carbons (Fsp3) is 0.360. The summed E-state index contributed by atoms with van der Waals surface area (Å²) < 4.78 is 24.7. The van der Waals surface area contributed by atoms with E-state index >= 15 is 0 Å². The number of carbonyl (C=O) groups excluding carboxylic acids is 2. The third-order valence-electron chi connectivity index (χ3n) is 6.69. The molecule has 2 aliphatic heterocycles. The minimum absolute atomic E-state index is 0.158. The van der Waals surface area contributed by atoms with Crippen LogP contribution in [-0.2, 0) is 9.84 Å². The second-order valence-electron chi connectivity index (χ2n) is 10.2. The number of nitrogens with zero attached hydrogens (tertiary/aromatic N) is 3. The lowest BCUT2D eigenvalue weighted by Crippen LogP contribution is -2.49. The number of rotatable bonds is 4. The zero-order chi connectivity index (χ0) is 27.4. The number of pyridine rings is 1. The summed E-state index contributed by atoms with van der Waals surface area (Å²) in [6.45, 7) is 5.52. The maximum atomic E-state index is 13.3. The molecule has 1 unspecified atom stereocenters. The summed E-state index contributed by atoms with van der Waals surface area (Å²) in [6, 6.07) is 6.95. The van der Waals surface area contributed by atoms with Gasteiger partial charge in [-0.25, -0.2) is 23.0 Å². The van der Waals surface area contributed by atoms with Crippen LogP contribution in [0.4, 0.5) is 26.7 Å². The highest BCUT2D eigenvalue weighted by Gasteiger charge is 2.35. The fourth-order valence-corrected chi connectivity index (χ4v) is 6.87. The van der Waals surface area contributed by atoms with Gasteiger partial charge in [0.05, 0.1) is 32.1 Å². The molecule has 13 heteroatoms. The molecule has 3 aromatic rings. The monoisotopic (exact) mass is 557 g/mol. The maximum Gasteiger partial charge on any atom is 0.407 e. The van der Waals surface area contributed by atoms with Crippen molar-refractivity contribution in [1.82, 2.24) is 15.2 Å². The first-order valence-electron chi connectivity index (χ1n) is 12.0. The Balaban J connectivity index is 1.47. The summed E-state index contributed by atoms with van der Waals surface area (Å²) >= 11 is 1.14. The normalized spacial score (nSPS) is 17.9. The second kappa shape index (κ2) is 9.24. The van der Waals surface area contributed by atoms with Gasteiger partial charge < -0.3 is 20.6 Å². The molecule has 0 aliphatic carbocycles. The zero-order valence-corrected chi connectivity index (χ0v) is 22.6. The highest BCUT2D eigenvalue weighted by molar-refractivity contribution is 7.92. The molecule has 38 heavy (non-hydrogen) atoms.